The van der Waals surface area contributed by atoms with Gasteiger partial charge < -0.3 is 10.1 Å². The molecule has 1 N–H and O–H groups in total. The summed E-state index contributed by atoms with van der Waals surface area (Å²) in [6.45, 7) is 2.85. The van der Waals surface area contributed by atoms with Crippen molar-refractivity contribution in [3.8, 4) is 5.75 Å². The van der Waals surface area contributed by atoms with Gasteiger partial charge in [-0.1, -0.05) is 24.3 Å². The lowest BCUT2D eigenvalue weighted by Crippen LogP contribution is -2.26. The van der Waals surface area contributed by atoms with E-state index in [-0.39, 0.29) is 5.82 Å². The normalized spacial score (nSPS) is 12.1. The number of hydrogen-bond acceptors (Lipinski definition) is 2. The summed E-state index contributed by atoms with van der Waals surface area (Å²) in [5.74, 6) is 0.705. The Morgan fingerprint density at radius 1 is 1.10 bits per heavy atom. The molecule has 2 rings (SSSR count). The van der Waals surface area contributed by atoms with E-state index >= 15 is 0 Å². The van der Waals surface area contributed by atoms with E-state index in [4.69, 9.17) is 4.74 Å². The van der Waals surface area contributed by atoms with Gasteiger partial charge in [0.1, 0.15) is 11.6 Å². The van der Waals surface area contributed by atoms with E-state index < -0.39 is 0 Å². The number of ether oxygens (including phenoxy) is 1. The van der Waals surface area contributed by atoms with Crippen LogP contribution in [0.2, 0.25) is 0 Å². The van der Waals surface area contributed by atoms with Gasteiger partial charge in [0.15, 0.2) is 0 Å². The van der Waals surface area contributed by atoms with Crippen molar-refractivity contribution >= 4 is 0 Å². The Morgan fingerprint density at radius 3 is 2.52 bits per heavy atom. The number of nitrogens with one attached hydrogen (secondary N) is 1. The smallest absolute Gasteiger partial charge is 0.123 e. The van der Waals surface area contributed by atoms with Crippen molar-refractivity contribution in [3.63, 3.8) is 0 Å². The average molecular weight is 287 g/mol. The lowest BCUT2D eigenvalue weighted by molar-refractivity contribution is 0.414. The van der Waals surface area contributed by atoms with Crippen molar-refractivity contribution in [2.45, 2.75) is 32.4 Å². The van der Waals surface area contributed by atoms with Crippen LogP contribution in [0.3, 0.4) is 0 Å². The summed E-state index contributed by atoms with van der Waals surface area (Å²) in [5.41, 5.74) is 2.28. The Kier molecular flexibility index (Phi) is 5.76. The van der Waals surface area contributed by atoms with Gasteiger partial charge >= 0.3 is 0 Å². The predicted octanol–water partition coefficient (Wildman–Crippen LogP) is 3.95. The molecule has 0 aliphatic carbocycles. The summed E-state index contributed by atoms with van der Waals surface area (Å²) in [5, 5.41) is 3.43. The molecule has 0 amide bonds. The fraction of sp³-hybridized carbons (Fsp3) is 0.333. The summed E-state index contributed by atoms with van der Waals surface area (Å²) < 4.78 is 18.2. The zero-order valence-corrected chi connectivity index (χ0v) is 12.6. The van der Waals surface area contributed by atoms with Crippen LogP contribution in [0.1, 0.15) is 24.5 Å². The van der Waals surface area contributed by atoms with Gasteiger partial charge in [0.25, 0.3) is 0 Å². The average Bonchev–Trinajstić information content (AvgIpc) is 2.51. The molecule has 1 atom stereocenters. The van der Waals surface area contributed by atoms with E-state index in [1.807, 2.05) is 18.2 Å². The second-order valence-corrected chi connectivity index (χ2v) is 5.30. The number of halogens is 1. The van der Waals surface area contributed by atoms with Crippen LogP contribution in [0.5, 0.6) is 5.75 Å². The van der Waals surface area contributed by atoms with Gasteiger partial charge in [0.05, 0.1) is 7.11 Å². The SMILES string of the molecule is COc1ccc(CCC(C)NCc2cccc(F)c2)cc1. The highest BCUT2D eigenvalue weighted by Gasteiger charge is 2.03. The molecule has 2 aromatic rings. The van der Waals surface area contributed by atoms with Gasteiger partial charge in [0.2, 0.25) is 0 Å². The molecule has 0 saturated heterocycles. The number of rotatable bonds is 7. The monoisotopic (exact) mass is 287 g/mol. The van der Waals surface area contributed by atoms with E-state index in [9.17, 15) is 4.39 Å². The maximum atomic E-state index is 13.1. The van der Waals surface area contributed by atoms with Crippen LogP contribution in [0.15, 0.2) is 48.5 Å². The topological polar surface area (TPSA) is 21.3 Å². The maximum absolute atomic E-state index is 13.1. The molecule has 0 aromatic heterocycles. The summed E-state index contributed by atoms with van der Waals surface area (Å²) in [6.07, 6.45) is 2.06. The quantitative estimate of drug-likeness (QED) is 0.832. The third-order valence-corrected chi connectivity index (χ3v) is 3.57. The van der Waals surface area contributed by atoms with E-state index in [1.54, 1.807) is 19.2 Å². The first-order valence-electron chi connectivity index (χ1n) is 7.28. The molecular formula is C18H22FNO. The summed E-state index contributed by atoms with van der Waals surface area (Å²) in [7, 11) is 1.67. The summed E-state index contributed by atoms with van der Waals surface area (Å²) in [6, 6.07) is 15.3. The first-order valence-corrected chi connectivity index (χ1v) is 7.28. The first-order chi connectivity index (χ1) is 10.2. The van der Waals surface area contributed by atoms with Crippen molar-refractivity contribution in [2.24, 2.45) is 0 Å². The van der Waals surface area contributed by atoms with Crippen LogP contribution in [-0.2, 0) is 13.0 Å². The highest BCUT2D eigenvalue weighted by atomic mass is 19.1. The molecule has 0 saturated carbocycles. The van der Waals surface area contributed by atoms with Gasteiger partial charge in [-0.15, -0.1) is 0 Å². The highest BCUT2D eigenvalue weighted by molar-refractivity contribution is 5.27. The zero-order valence-electron chi connectivity index (χ0n) is 12.6. The number of hydrogen-bond donors (Lipinski definition) is 1. The number of methoxy groups -OCH3 is 1. The molecule has 0 bridgehead atoms. The Morgan fingerprint density at radius 2 is 1.86 bits per heavy atom. The molecule has 0 fully saturated rings. The van der Waals surface area contributed by atoms with Gasteiger partial charge in [-0.3, -0.25) is 0 Å². The van der Waals surface area contributed by atoms with Crippen molar-refractivity contribution in [1.29, 1.82) is 0 Å². The van der Waals surface area contributed by atoms with Gasteiger partial charge in [-0.25, -0.2) is 4.39 Å². The standard InChI is InChI=1S/C18H22FNO/c1-14(20-13-16-4-3-5-17(19)12-16)6-7-15-8-10-18(21-2)11-9-15/h3-5,8-12,14,20H,6-7,13H2,1-2H3. The Balaban J connectivity index is 1.75. The van der Waals surface area contributed by atoms with Crippen LogP contribution >= 0.6 is 0 Å². The Labute approximate surface area is 126 Å². The van der Waals surface area contributed by atoms with Crippen LogP contribution in [0.25, 0.3) is 0 Å². The third-order valence-electron chi connectivity index (χ3n) is 3.57. The lowest BCUT2D eigenvalue weighted by atomic mass is 10.1. The Bertz CT molecular complexity index is 553. The number of aryl methyl sites for hydroxylation is 1. The number of benzene rings is 2. The van der Waals surface area contributed by atoms with Gasteiger partial charge in [-0.2, -0.15) is 0 Å². The molecule has 2 aromatic carbocycles. The Hall–Kier alpha value is -1.87. The summed E-state index contributed by atoms with van der Waals surface area (Å²) in [4.78, 5) is 0. The molecule has 0 heterocycles. The lowest BCUT2D eigenvalue weighted by Gasteiger charge is -2.14. The fourth-order valence-electron chi connectivity index (χ4n) is 2.22. The molecule has 2 nitrogen and oxygen atoms in total. The van der Waals surface area contributed by atoms with Crippen LogP contribution in [0, 0.1) is 5.82 Å². The van der Waals surface area contributed by atoms with Crippen LogP contribution in [-0.4, -0.2) is 13.2 Å². The van der Waals surface area contributed by atoms with E-state index in [0.29, 0.717) is 12.6 Å². The highest BCUT2D eigenvalue weighted by Crippen LogP contribution is 2.13. The van der Waals surface area contributed by atoms with Crippen molar-refractivity contribution in [1.82, 2.24) is 5.32 Å². The van der Waals surface area contributed by atoms with Crippen LogP contribution < -0.4 is 10.1 Å². The molecule has 0 aliphatic heterocycles. The summed E-state index contributed by atoms with van der Waals surface area (Å²) >= 11 is 0. The van der Waals surface area contributed by atoms with Gasteiger partial charge in [0, 0.05) is 12.6 Å². The van der Waals surface area contributed by atoms with Gasteiger partial charge in [-0.05, 0) is 55.2 Å². The van der Waals surface area contributed by atoms with Crippen molar-refractivity contribution in [3.05, 3.63) is 65.5 Å². The van der Waals surface area contributed by atoms with E-state index in [2.05, 4.69) is 24.4 Å². The molecule has 1 unspecified atom stereocenters. The zero-order chi connectivity index (χ0) is 15.1. The molecule has 0 aliphatic rings. The molecule has 0 spiro atoms. The van der Waals surface area contributed by atoms with Crippen molar-refractivity contribution < 1.29 is 9.13 Å². The molecule has 21 heavy (non-hydrogen) atoms. The first kappa shape index (κ1) is 15.5. The second-order valence-electron chi connectivity index (χ2n) is 5.30. The largest absolute Gasteiger partial charge is 0.497 e. The van der Waals surface area contributed by atoms with Crippen LogP contribution in [0.4, 0.5) is 4.39 Å². The molecule has 0 radical (unpaired) electrons. The molecule has 3 heteroatoms. The van der Waals surface area contributed by atoms with E-state index in [1.165, 1.54) is 11.6 Å². The molecule has 112 valence electrons. The predicted molar refractivity (Wildman–Crippen MR) is 84.0 cm³/mol. The maximum Gasteiger partial charge on any atom is 0.123 e. The van der Waals surface area contributed by atoms with Crippen molar-refractivity contribution in [2.75, 3.05) is 7.11 Å². The minimum absolute atomic E-state index is 0.180. The minimum atomic E-state index is -0.180. The molecular weight excluding hydrogens is 265 g/mol. The third kappa shape index (κ3) is 5.20. The second kappa shape index (κ2) is 7.79. The minimum Gasteiger partial charge on any atom is -0.497 e. The van der Waals surface area contributed by atoms with E-state index in [0.717, 1.165) is 24.2 Å². The fourth-order valence-corrected chi connectivity index (χ4v) is 2.22.